The molecule has 1 aromatic carbocycles. The molecule has 1 aliphatic rings. The number of anilines is 1. The van der Waals surface area contributed by atoms with E-state index in [1.165, 1.54) is 6.07 Å². The topological polar surface area (TPSA) is 41.1 Å². The Balaban J connectivity index is 0.00000162. The highest BCUT2D eigenvalue weighted by Gasteiger charge is 2.34. The SMILES string of the molecule is CC1(C(=O)Nc2ccccc2F)CCNCC1.Cl. The third kappa shape index (κ3) is 3.21. The molecule has 18 heavy (non-hydrogen) atoms. The van der Waals surface area contributed by atoms with Gasteiger partial charge in [-0.15, -0.1) is 12.4 Å². The standard InChI is InChI=1S/C13H17FN2O.ClH/c1-13(6-8-15-9-7-13)12(17)16-11-5-3-2-4-10(11)14;/h2-5,15H,6-9H2,1H3,(H,16,17);1H. The van der Waals surface area contributed by atoms with Gasteiger partial charge in [0, 0.05) is 5.41 Å². The zero-order chi connectivity index (χ0) is 12.3. The maximum Gasteiger partial charge on any atom is 0.230 e. The molecule has 0 saturated carbocycles. The highest BCUT2D eigenvalue weighted by molar-refractivity contribution is 5.95. The lowest BCUT2D eigenvalue weighted by Gasteiger charge is -2.32. The second kappa shape index (κ2) is 6.16. The van der Waals surface area contributed by atoms with Crippen molar-refractivity contribution in [3.05, 3.63) is 30.1 Å². The van der Waals surface area contributed by atoms with Crippen LogP contribution in [0.3, 0.4) is 0 Å². The normalized spacial score (nSPS) is 17.7. The van der Waals surface area contributed by atoms with Crippen molar-refractivity contribution in [2.45, 2.75) is 19.8 Å². The lowest BCUT2D eigenvalue weighted by atomic mass is 9.80. The van der Waals surface area contributed by atoms with E-state index in [1.807, 2.05) is 6.92 Å². The summed E-state index contributed by atoms with van der Waals surface area (Å²) in [6, 6.07) is 6.25. The molecule has 1 amide bonds. The average molecular weight is 273 g/mol. The van der Waals surface area contributed by atoms with Gasteiger partial charge >= 0.3 is 0 Å². The van der Waals surface area contributed by atoms with E-state index < -0.39 is 11.2 Å². The quantitative estimate of drug-likeness (QED) is 0.869. The lowest BCUT2D eigenvalue weighted by molar-refractivity contribution is -0.126. The number of rotatable bonds is 2. The maximum absolute atomic E-state index is 13.4. The van der Waals surface area contributed by atoms with E-state index in [2.05, 4.69) is 10.6 Å². The summed E-state index contributed by atoms with van der Waals surface area (Å²) in [6.07, 6.45) is 1.57. The first-order chi connectivity index (χ1) is 8.12. The Morgan fingerprint density at radius 3 is 2.56 bits per heavy atom. The number of amides is 1. The summed E-state index contributed by atoms with van der Waals surface area (Å²) >= 11 is 0. The Bertz CT molecular complexity index is 419. The van der Waals surface area contributed by atoms with Crippen LogP contribution in [-0.4, -0.2) is 19.0 Å². The second-order valence-electron chi connectivity index (χ2n) is 4.74. The number of halogens is 2. The molecule has 0 atom stereocenters. The van der Waals surface area contributed by atoms with Crippen LogP contribution in [0.4, 0.5) is 10.1 Å². The number of hydrogen-bond donors (Lipinski definition) is 2. The predicted molar refractivity (Wildman–Crippen MR) is 72.5 cm³/mol. The molecule has 0 aliphatic carbocycles. The largest absolute Gasteiger partial charge is 0.323 e. The van der Waals surface area contributed by atoms with Gasteiger partial charge in [0.15, 0.2) is 0 Å². The Kier molecular flexibility index (Phi) is 5.11. The molecule has 1 heterocycles. The fraction of sp³-hybridized carbons (Fsp3) is 0.462. The predicted octanol–water partition coefficient (Wildman–Crippen LogP) is 2.58. The van der Waals surface area contributed by atoms with Crippen LogP contribution in [0.25, 0.3) is 0 Å². The van der Waals surface area contributed by atoms with E-state index in [0.29, 0.717) is 0 Å². The summed E-state index contributed by atoms with van der Waals surface area (Å²) in [5, 5.41) is 5.89. The second-order valence-corrected chi connectivity index (χ2v) is 4.74. The maximum atomic E-state index is 13.4. The Morgan fingerprint density at radius 1 is 1.33 bits per heavy atom. The van der Waals surface area contributed by atoms with E-state index in [-0.39, 0.29) is 24.0 Å². The van der Waals surface area contributed by atoms with E-state index in [4.69, 9.17) is 0 Å². The average Bonchev–Trinajstić information content (AvgIpc) is 2.33. The van der Waals surface area contributed by atoms with Crippen molar-refractivity contribution in [2.75, 3.05) is 18.4 Å². The number of carbonyl (C=O) groups excluding carboxylic acids is 1. The van der Waals surface area contributed by atoms with E-state index in [0.717, 1.165) is 25.9 Å². The molecule has 2 rings (SSSR count). The molecule has 1 saturated heterocycles. The number of piperidine rings is 1. The third-order valence-corrected chi connectivity index (χ3v) is 3.38. The van der Waals surface area contributed by atoms with Gasteiger partial charge in [0.25, 0.3) is 0 Å². The molecule has 1 aliphatic heterocycles. The van der Waals surface area contributed by atoms with Gasteiger partial charge in [0.05, 0.1) is 5.69 Å². The highest BCUT2D eigenvalue weighted by Crippen LogP contribution is 2.29. The van der Waals surface area contributed by atoms with Crippen LogP contribution in [0.2, 0.25) is 0 Å². The molecule has 2 N–H and O–H groups in total. The smallest absolute Gasteiger partial charge is 0.230 e. The van der Waals surface area contributed by atoms with Gasteiger partial charge in [-0.3, -0.25) is 4.79 Å². The first kappa shape index (κ1) is 14.9. The minimum Gasteiger partial charge on any atom is -0.323 e. The van der Waals surface area contributed by atoms with Gasteiger partial charge in [-0.25, -0.2) is 4.39 Å². The molecule has 100 valence electrons. The molecular weight excluding hydrogens is 255 g/mol. The van der Waals surface area contributed by atoms with Crippen LogP contribution in [0, 0.1) is 11.2 Å². The first-order valence-corrected chi connectivity index (χ1v) is 5.88. The summed E-state index contributed by atoms with van der Waals surface area (Å²) in [7, 11) is 0. The fourth-order valence-electron chi connectivity index (χ4n) is 2.04. The van der Waals surface area contributed by atoms with Crippen molar-refractivity contribution in [1.82, 2.24) is 5.32 Å². The van der Waals surface area contributed by atoms with Crippen molar-refractivity contribution < 1.29 is 9.18 Å². The van der Waals surface area contributed by atoms with Crippen LogP contribution >= 0.6 is 12.4 Å². The van der Waals surface area contributed by atoms with Gasteiger partial charge in [-0.05, 0) is 38.1 Å². The van der Waals surface area contributed by atoms with Gasteiger partial charge in [-0.1, -0.05) is 19.1 Å². The molecule has 5 heteroatoms. The van der Waals surface area contributed by atoms with Crippen LogP contribution < -0.4 is 10.6 Å². The highest BCUT2D eigenvalue weighted by atomic mass is 35.5. The molecule has 1 aromatic rings. The molecule has 1 fully saturated rings. The van der Waals surface area contributed by atoms with Gasteiger partial charge in [0.1, 0.15) is 5.82 Å². The monoisotopic (exact) mass is 272 g/mol. The minimum atomic E-state index is -0.395. The summed E-state index contributed by atoms with van der Waals surface area (Å²) in [4.78, 5) is 12.1. The Morgan fingerprint density at radius 2 is 1.94 bits per heavy atom. The van der Waals surface area contributed by atoms with Crippen LogP contribution in [0.1, 0.15) is 19.8 Å². The molecule has 3 nitrogen and oxygen atoms in total. The summed E-state index contributed by atoms with van der Waals surface area (Å²) < 4.78 is 13.4. The van der Waals surface area contributed by atoms with E-state index >= 15 is 0 Å². The number of nitrogens with one attached hydrogen (secondary N) is 2. The Labute approximate surface area is 113 Å². The molecule has 0 aromatic heterocycles. The summed E-state index contributed by atoms with van der Waals surface area (Å²) in [6.45, 7) is 3.60. The van der Waals surface area contributed by atoms with E-state index in [9.17, 15) is 9.18 Å². The lowest BCUT2D eigenvalue weighted by Crippen LogP contribution is -2.42. The number of para-hydroxylation sites is 1. The Hall–Kier alpha value is -1.13. The van der Waals surface area contributed by atoms with Gasteiger partial charge in [-0.2, -0.15) is 0 Å². The molecule has 0 radical (unpaired) electrons. The third-order valence-electron chi connectivity index (χ3n) is 3.38. The zero-order valence-corrected chi connectivity index (χ0v) is 11.1. The van der Waals surface area contributed by atoms with E-state index in [1.54, 1.807) is 18.2 Å². The van der Waals surface area contributed by atoms with Gasteiger partial charge < -0.3 is 10.6 Å². The molecular formula is C13H18ClFN2O. The fourth-order valence-corrected chi connectivity index (χ4v) is 2.04. The van der Waals surface area contributed by atoms with Crippen molar-refractivity contribution in [2.24, 2.45) is 5.41 Å². The number of carbonyl (C=O) groups is 1. The van der Waals surface area contributed by atoms with Crippen LogP contribution in [0.15, 0.2) is 24.3 Å². The van der Waals surface area contributed by atoms with Crippen molar-refractivity contribution in [1.29, 1.82) is 0 Å². The van der Waals surface area contributed by atoms with Gasteiger partial charge in [0.2, 0.25) is 5.91 Å². The number of hydrogen-bond acceptors (Lipinski definition) is 2. The molecule has 0 unspecified atom stereocenters. The zero-order valence-electron chi connectivity index (χ0n) is 10.3. The van der Waals surface area contributed by atoms with Crippen molar-refractivity contribution in [3.8, 4) is 0 Å². The van der Waals surface area contributed by atoms with Crippen molar-refractivity contribution in [3.63, 3.8) is 0 Å². The number of benzene rings is 1. The summed E-state index contributed by atoms with van der Waals surface area (Å²) in [5.41, 5.74) is -0.134. The van der Waals surface area contributed by atoms with Crippen LogP contribution in [0.5, 0.6) is 0 Å². The molecule has 0 spiro atoms. The minimum absolute atomic E-state index is 0. The van der Waals surface area contributed by atoms with Crippen molar-refractivity contribution >= 4 is 24.0 Å². The first-order valence-electron chi connectivity index (χ1n) is 5.88. The van der Waals surface area contributed by atoms with Crippen LogP contribution in [-0.2, 0) is 4.79 Å². The molecule has 0 bridgehead atoms. The summed E-state index contributed by atoms with van der Waals surface area (Å²) in [5.74, 6) is -0.484.